The Morgan fingerprint density at radius 1 is 1.07 bits per heavy atom. The maximum Gasteiger partial charge on any atom is 0.254 e. The normalized spacial score (nSPS) is 10.9. The van der Waals surface area contributed by atoms with Gasteiger partial charge in [-0.2, -0.15) is 0 Å². The molecule has 2 aromatic carbocycles. The molecule has 3 rings (SSSR count). The van der Waals surface area contributed by atoms with E-state index >= 15 is 0 Å². The molecule has 1 amide bonds. The second-order valence-corrected chi connectivity index (χ2v) is 7.41. The van der Waals surface area contributed by atoms with Crippen molar-refractivity contribution in [1.29, 1.82) is 0 Å². The molecule has 3 aromatic rings. The number of halogens is 2. The molecular weight excluding hydrogens is 419 g/mol. The Balaban J connectivity index is 1.78. The van der Waals surface area contributed by atoms with E-state index in [1.807, 2.05) is 54.6 Å². The van der Waals surface area contributed by atoms with Gasteiger partial charge in [-0.25, -0.2) is 0 Å². The molecule has 0 aliphatic carbocycles. The average Bonchev–Trinajstić information content (AvgIpc) is 2.78. The predicted molar refractivity (Wildman–Crippen MR) is 122 cm³/mol. The number of aromatic nitrogens is 1. The van der Waals surface area contributed by atoms with Crippen LogP contribution in [0.5, 0.6) is 5.75 Å². The first-order chi connectivity index (χ1) is 14.6. The molecule has 0 aliphatic heterocycles. The molecule has 154 valence electrons. The van der Waals surface area contributed by atoms with E-state index in [2.05, 4.69) is 4.98 Å². The lowest BCUT2D eigenvalue weighted by Crippen LogP contribution is -2.33. The minimum atomic E-state index is -0.117. The Morgan fingerprint density at radius 3 is 2.60 bits per heavy atom. The molecule has 4 nitrogen and oxygen atoms in total. The lowest BCUT2D eigenvalue weighted by atomic mass is 10.1. The van der Waals surface area contributed by atoms with E-state index in [-0.39, 0.29) is 5.91 Å². The van der Waals surface area contributed by atoms with Crippen LogP contribution in [0.3, 0.4) is 0 Å². The smallest absolute Gasteiger partial charge is 0.254 e. The van der Waals surface area contributed by atoms with Crippen molar-refractivity contribution in [3.63, 3.8) is 0 Å². The van der Waals surface area contributed by atoms with Crippen molar-refractivity contribution in [3.8, 4) is 5.75 Å². The SMILES string of the molecule is COc1ccccc1/C=C/CN(CCc1ccccn1)C(=O)c1ccc(Cl)c(Cl)c1. The van der Waals surface area contributed by atoms with Crippen molar-refractivity contribution in [2.75, 3.05) is 20.2 Å². The van der Waals surface area contributed by atoms with Gasteiger partial charge in [-0.1, -0.05) is 59.6 Å². The van der Waals surface area contributed by atoms with Crippen LogP contribution >= 0.6 is 23.2 Å². The monoisotopic (exact) mass is 440 g/mol. The molecule has 0 aliphatic rings. The fraction of sp³-hybridized carbons (Fsp3) is 0.167. The van der Waals surface area contributed by atoms with Crippen molar-refractivity contribution >= 4 is 35.2 Å². The first kappa shape index (κ1) is 21.9. The van der Waals surface area contributed by atoms with Gasteiger partial charge in [-0.05, 0) is 36.4 Å². The van der Waals surface area contributed by atoms with Crippen molar-refractivity contribution in [3.05, 3.63) is 99.8 Å². The summed E-state index contributed by atoms with van der Waals surface area (Å²) >= 11 is 12.1. The number of pyridine rings is 1. The van der Waals surface area contributed by atoms with Crippen LogP contribution in [0.15, 0.2) is 72.9 Å². The van der Waals surface area contributed by atoms with Gasteiger partial charge < -0.3 is 9.64 Å². The van der Waals surface area contributed by atoms with E-state index in [1.54, 1.807) is 36.4 Å². The number of rotatable bonds is 8. The van der Waals surface area contributed by atoms with Gasteiger partial charge in [0.2, 0.25) is 0 Å². The highest BCUT2D eigenvalue weighted by Crippen LogP contribution is 2.23. The third-order valence-corrected chi connectivity index (χ3v) is 5.32. The summed E-state index contributed by atoms with van der Waals surface area (Å²) in [6, 6.07) is 18.4. The third-order valence-electron chi connectivity index (χ3n) is 4.58. The standard InChI is InChI=1S/C24H22Cl2N2O2/c1-30-23-10-3-2-7-18(23)8-6-15-28(16-13-20-9-4-5-14-27-20)24(29)19-11-12-21(25)22(26)17-19/h2-12,14,17H,13,15-16H2,1H3/b8-6+. The summed E-state index contributed by atoms with van der Waals surface area (Å²) in [4.78, 5) is 19.3. The van der Waals surface area contributed by atoms with E-state index < -0.39 is 0 Å². The highest BCUT2D eigenvalue weighted by Gasteiger charge is 2.16. The largest absolute Gasteiger partial charge is 0.496 e. The Hall–Kier alpha value is -2.82. The number of nitrogens with zero attached hydrogens (tertiary/aromatic N) is 2. The average molecular weight is 441 g/mol. The van der Waals surface area contributed by atoms with E-state index in [1.165, 1.54) is 0 Å². The first-order valence-corrected chi connectivity index (χ1v) is 10.3. The number of carbonyl (C=O) groups is 1. The zero-order valence-corrected chi connectivity index (χ0v) is 18.1. The molecule has 30 heavy (non-hydrogen) atoms. The molecule has 0 N–H and O–H groups in total. The van der Waals surface area contributed by atoms with Gasteiger partial charge in [0.25, 0.3) is 5.91 Å². The number of hydrogen-bond donors (Lipinski definition) is 0. The van der Waals surface area contributed by atoms with Crippen molar-refractivity contribution in [2.24, 2.45) is 0 Å². The molecule has 0 spiro atoms. The minimum Gasteiger partial charge on any atom is -0.496 e. The van der Waals surface area contributed by atoms with Gasteiger partial charge >= 0.3 is 0 Å². The lowest BCUT2D eigenvalue weighted by Gasteiger charge is -2.21. The van der Waals surface area contributed by atoms with Crippen LogP contribution in [0.25, 0.3) is 6.08 Å². The molecule has 1 aromatic heterocycles. The lowest BCUT2D eigenvalue weighted by molar-refractivity contribution is 0.0775. The Labute approximate surface area is 186 Å². The fourth-order valence-corrected chi connectivity index (χ4v) is 3.29. The van der Waals surface area contributed by atoms with Crippen LogP contribution in [-0.4, -0.2) is 36.0 Å². The van der Waals surface area contributed by atoms with Crippen molar-refractivity contribution in [1.82, 2.24) is 9.88 Å². The number of amides is 1. The summed E-state index contributed by atoms with van der Waals surface area (Å²) in [5, 5.41) is 0.779. The van der Waals surface area contributed by atoms with Crippen LogP contribution < -0.4 is 4.74 Å². The summed E-state index contributed by atoms with van der Waals surface area (Å²) in [6.07, 6.45) is 6.30. The number of para-hydroxylation sites is 1. The van der Waals surface area contributed by atoms with Crippen LogP contribution in [-0.2, 0) is 6.42 Å². The number of carbonyl (C=O) groups excluding carboxylic acids is 1. The molecule has 0 bridgehead atoms. The number of benzene rings is 2. The molecule has 0 fully saturated rings. The minimum absolute atomic E-state index is 0.117. The maximum absolute atomic E-state index is 13.1. The highest BCUT2D eigenvalue weighted by molar-refractivity contribution is 6.42. The number of hydrogen-bond acceptors (Lipinski definition) is 3. The summed E-state index contributed by atoms with van der Waals surface area (Å²) < 4.78 is 5.38. The molecule has 0 radical (unpaired) electrons. The van der Waals surface area contributed by atoms with E-state index in [0.29, 0.717) is 35.1 Å². The van der Waals surface area contributed by atoms with Crippen LogP contribution in [0.4, 0.5) is 0 Å². The predicted octanol–water partition coefficient (Wildman–Crippen LogP) is 5.80. The molecule has 0 atom stereocenters. The van der Waals surface area contributed by atoms with Crippen LogP contribution in [0.2, 0.25) is 10.0 Å². The third kappa shape index (κ3) is 5.85. The fourth-order valence-electron chi connectivity index (χ4n) is 2.99. The molecule has 1 heterocycles. The van der Waals surface area contributed by atoms with E-state index in [0.717, 1.165) is 17.0 Å². The molecule has 0 saturated heterocycles. The summed E-state index contributed by atoms with van der Waals surface area (Å²) in [5.74, 6) is 0.666. The second kappa shape index (κ2) is 10.8. The molecular formula is C24H22Cl2N2O2. The van der Waals surface area contributed by atoms with Gasteiger partial charge in [0.15, 0.2) is 0 Å². The topological polar surface area (TPSA) is 42.4 Å². The van der Waals surface area contributed by atoms with Crippen LogP contribution in [0.1, 0.15) is 21.6 Å². The summed E-state index contributed by atoms with van der Waals surface area (Å²) in [5.41, 5.74) is 2.38. The van der Waals surface area contributed by atoms with E-state index in [4.69, 9.17) is 27.9 Å². The van der Waals surface area contributed by atoms with Gasteiger partial charge in [0, 0.05) is 42.5 Å². The summed E-state index contributed by atoms with van der Waals surface area (Å²) in [7, 11) is 1.64. The van der Waals surface area contributed by atoms with Gasteiger partial charge in [-0.3, -0.25) is 9.78 Å². The zero-order valence-electron chi connectivity index (χ0n) is 16.6. The van der Waals surface area contributed by atoms with E-state index in [9.17, 15) is 4.79 Å². The Morgan fingerprint density at radius 2 is 1.87 bits per heavy atom. The number of ether oxygens (including phenoxy) is 1. The quantitative estimate of drug-likeness (QED) is 0.444. The molecule has 0 unspecified atom stereocenters. The van der Waals surface area contributed by atoms with Gasteiger partial charge in [0.1, 0.15) is 5.75 Å². The Bertz CT molecular complexity index is 1020. The molecule has 6 heteroatoms. The van der Waals surface area contributed by atoms with Crippen molar-refractivity contribution in [2.45, 2.75) is 6.42 Å². The first-order valence-electron chi connectivity index (χ1n) is 9.52. The number of methoxy groups -OCH3 is 1. The van der Waals surface area contributed by atoms with Gasteiger partial charge in [-0.15, -0.1) is 0 Å². The summed E-state index contributed by atoms with van der Waals surface area (Å²) in [6.45, 7) is 0.955. The Kier molecular flexibility index (Phi) is 7.89. The van der Waals surface area contributed by atoms with Crippen LogP contribution in [0, 0.1) is 0 Å². The second-order valence-electron chi connectivity index (χ2n) is 6.60. The highest BCUT2D eigenvalue weighted by atomic mass is 35.5. The van der Waals surface area contributed by atoms with Crippen molar-refractivity contribution < 1.29 is 9.53 Å². The zero-order chi connectivity index (χ0) is 21.3. The molecule has 0 saturated carbocycles. The van der Waals surface area contributed by atoms with Gasteiger partial charge in [0.05, 0.1) is 17.2 Å². The maximum atomic E-state index is 13.1.